The van der Waals surface area contributed by atoms with Gasteiger partial charge >= 0.3 is 0 Å². The number of fused-ring (bicyclic) bond motifs is 2. The van der Waals surface area contributed by atoms with E-state index in [1.807, 2.05) is 25.1 Å². The van der Waals surface area contributed by atoms with Gasteiger partial charge < -0.3 is 14.8 Å². The van der Waals surface area contributed by atoms with Gasteiger partial charge in [0.2, 0.25) is 6.79 Å². The number of benzene rings is 1. The molecular weight excluding hydrogens is 288 g/mol. The molecule has 1 aliphatic rings. The Kier molecular flexibility index (Phi) is 3.96. The molecule has 1 aromatic carbocycles. The molecule has 2 atom stereocenters. The molecule has 1 aliphatic heterocycles. The van der Waals surface area contributed by atoms with Gasteiger partial charge in [0.05, 0.1) is 0 Å². The zero-order chi connectivity index (χ0) is 14.8. The first kappa shape index (κ1) is 14.1. The first-order valence-corrected chi connectivity index (χ1v) is 8.52. The summed E-state index contributed by atoms with van der Waals surface area (Å²) < 4.78 is 22.2. The van der Waals surface area contributed by atoms with Crippen molar-refractivity contribution in [1.29, 1.82) is 0 Å². The van der Waals surface area contributed by atoms with E-state index in [0.717, 1.165) is 41.1 Å². The maximum Gasteiger partial charge on any atom is 0.231 e. The summed E-state index contributed by atoms with van der Waals surface area (Å²) in [5.41, 5.74) is 0. The second-order valence-corrected chi connectivity index (χ2v) is 6.91. The molecule has 2 aromatic rings. The van der Waals surface area contributed by atoms with Crippen molar-refractivity contribution < 1.29 is 13.7 Å². The lowest BCUT2D eigenvalue weighted by Gasteiger charge is -2.11. The topological polar surface area (TPSA) is 60.5 Å². The van der Waals surface area contributed by atoms with Crippen LogP contribution in [0.3, 0.4) is 0 Å². The molecule has 0 fully saturated rings. The maximum atomic E-state index is 11.4. The van der Waals surface area contributed by atoms with E-state index in [1.54, 1.807) is 12.5 Å². The summed E-state index contributed by atoms with van der Waals surface area (Å²) in [6.45, 7) is 3.00. The molecule has 0 bridgehead atoms. The van der Waals surface area contributed by atoms with Crippen molar-refractivity contribution >= 4 is 27.4 Å². The third kappa shape index (κ3) is 2.95. The summed E-state index contributed by atoms with van der Waals surface area (Å²) in [5.74, 6) is 2.34. The highest BCUT2D eigenvalue weighted by molar-refractivity contribution is 7.84. The zero-order valence-corrected chi connectivity index (χ0v) is 12.9. The van der Waals surface area contributed by atoms with Gasteiger partial charge in [0.1, 0.15) is 5.82 Å². The summed E-state index contributed by atoms with van der Waals surface area (Å²) in [4.78, 5) is 4.39. The Balaban J connectivity index is 1.80. The van der Waals surface area contributed by atoms with Crippen LogP contribution >= 0.6 is 0 Å². The average molecular weight is 306 g/mol. The van der Waals surface area contributed by atoms with E-state index in [0.29, 0.717) is 0 Å². The second kappa shape index (κ2) is 5.89. The number of nitrogens with one attached hydrogen (secondary N) is 1. The lowest BCUT2D eigenvalue weighted by molar-refractivity contribution is 0.174. The molecule has 2 heterocycles. The van der Waals surface area contributed by atoms with E-state index in [2.05, 4.69) is 10.3 Å². The Morgan fingerprint density at radius 3 is 2.90 bits per heavy atom. The van der Waals surface area contributed by atoms with Crippen molar-refractivity contribution in [3.63, 3.8) is 0 Å². The molecule has 0 amide bonds. The smallest absolute Gasteiger partial charge is 0.231 e. The van der Waals surface area contributed by atoms with E-state index in [9.17, 15) is 4.21 Å². The molecule has 0 saturated carbocycles. The highest BCUT2D eigenvalue weighted by atomic mass is 32.2. The van der Waals surface area contributed by atoms with Gasteiger partial charge in [0.25, 0.3) is 0 Å². The number of ether oxygens (including phenoxy) is 2. The third-order valence-corrected chi connectivity index (χ3v) is 5.04. The minimum Gasteiger partial charge on any atom is -0.454 e. The largest absolute Gasteiger partial charge is 0.454 e. The van der Waals surface area contributed by atoms with E-state index in [1.165, 1.54) is 0 Å². The van der Waals surface area contributed by atoms with Gasteiger partial charge in [-0.25, -0.2) is 4.98 Å². The van der Waals surface area contributed by atoms with Gasteiger partial charge in [-0.15, -0.1) is 0 Å². The SMILES string of the molecule is CC(CCNc1nccc2cc3c(cc12)OCO3)S(C)=O. The van der Waals surface area contributed by atoms with Crippen molar-refractivity contribution in [3.8, 4) is 11.5 Å². The Labute approximate surface area is 126 Å². The molecule has 0 spiro atoms. The zero-order valence-electron chi connectivity index (χ0n) is 12.1. The summed E-state index contributed by atoms with van der Waals surface area (Å²) >= 11 is 0. The van der Waals surface area contributed by atoms with Crippen LogP contribution in [0.4, 0.5) is 5.82 Å². The van der Waals surface area contributed by atoms with E-state index >= 15 is 0 Å². The highest BCUT2D eigenvalue weighted by Gasteiger charge is 2.16. The summed E-state index contributed by atoms with van der Waals surface area (Å²) in [6, 6.07) is 5.87. The molecule has 0 saturated heterocycles. The van der Waals surface area contributed by atoms with Crippen molar-refractivity contribution in [3.05, 3.63) is 24.4 Å². The lowest BCUT2D eigenvalue weighted by atomic mass is 10.1. The quantitative estimate of drug-likeness (QED) is 0.920. The molecular formula is C15H18N2O3S. The van der Waals surface area contributed by atoms with Crippen LogP contribution in [0, 0.1) is 0 Å². The fraction of sp³-hybridized carbons (Fsp3) is 0.400. The maximum absolute atomic E-state index is 11.4. The molecule has 1 N–H and O–H groups in total. The number of hydrogen-bond acceptors (Lipinski definition) is 5. The molecule has 6 heteroatoms. The van der Waals surface area contributed by atoms with Gasteiger partial charge in [-0.2, -0.15) is 0 Å². The summed E-state index contributed by atoms with van der Waals surface area (Å²) in [5, 5.41) is 5.56. The van der Waals surface area contributed by atoms with Gasteiger partial charge in [0.15, 0.2) is 11.5 Å². The number of anilines is 1. The normalized spacial score (nSPS) is 15.9. The highest BCUT2D eigenvalue weighted by Crippen LogP contribution is 2.37. The standard InChI is InChI=1S/C15H18N2O3S/c1-10(21(2)18)3-5-16-15-12-8-14-13(19-9-20-14)7-11(12)4-6-17-15/h4,6-8,10H,3,5,9H2,1-2H3,(H,16,17). The van der Waals surface area contributed by atoms with E-state index in [-0.39, 0.29) is 12.0 Å². The Bertz CT molecular complexity index is 690. The minimum absolute atomic E-state index is 0.174. The van der Waals surface area contributed by atoms with Crippen molar-refractivity contribution in [1.82, 2.24) is 4.98 Å². The van der Waals surface area contributed by atoms with Gasteiger partial charge in [-0.05, 0) is 30.0 Å². The van der Waals surface area contributed by atoms with Crippen molar-refractivity contribution in [2.75, 3.05) is 24.9 Å². The number of pyridine rings is 1. The Hall–Kier alpha value is -1.82. The van der Waals surface area contributed by atoms with Gasteiger partial charge in [0, 0.05) is 40.4 Å². The average Bonchev–Trinajstić information content (AvgIpc) is 2.92. The summed E-state index contributed by atoms with van der Waals surface area (Å²) in [7, 11) is -0.792. The Morgan fingerprint density at radius 1 is 1.38 bits per heavy atom. The number of hydrogen-bond donors (Lipinski definition) is 1. The molecule has 3 rings (SSSR count). The van der Waals surface area contributed by atoms with Crippen molar-refractivity contribution in [2.24, 2.45) is 0 Å². The molecule has 2 unspecified atom stereocenters. The fourth-order valence-corrected chi connectivity index (χ4v) is 2.71. The number of rotatable bonds is 5. The van der Waals surface area contributed by atoms with E-state index in [4.69, 9.17) is 9.47 Å². The van der Waals surface area contributed by atoms with Crippen LogP contribution in [0.5, 0.6) is 11.5 Å². The summed E-state index contributed by atoms with van der Waals surface area (Å²) in [6.07, 6.45) is 4.35. The number of aromatic nitrogens is 1. The molecule has 21 heavy (non-hydrogen) atoms. The second-order valence-electron chi connectivity index (χ2n) is 5.11. The predicted octanol–water partition coefficient (Wildman–Crippen LogP) is 2.53. The number of nitrogens with zero attached hydrogens (tertiary/aromatic N) is 1. The predicted molar refractivity (Wildman–Crippen MR) is 84.5 cm³/mol. The third-order valence-electron chi connectivity index (χ3n) is 3.67. The fourth-order valence-electron chi connectivity index (χ4n) is 2.26. The van der Waals surface area contributed by atoms with Gasteiger partial charge in [-0.1, -0.05) is 6.92 Å². The van der Waals surface area contributed by atoms with Crippen molar-refractivity contribution in [2.45, 2.75) is 18.6 Å². The van der Waals surface area contributed by atoms with Crippen LogP contribution in [0.25, 0.3) is 10.8 Å². The van der Waals surface area contributed by atoms with Crippen LogP contribution in [0.2, 0.25) is 0 Å². The first-order valence-electron chi connectivity index (χ1n) is 6.89. The van der Waals surface area contributed by atoms with Crippen LogP contribution in [0.1, 0.15) is 13.3 Å². The molecule has 5 nitrogen and oxygen atoms in total. The van der Waals surface area contributed by atoms with Crippen LogP contribution < -0.4 is 14.8 Å². The monoisotopic (exact) mass is 306 g/mol. The van der Waals surface area contributed by atoms with Crippen LogP contribution in [-0.2, 0) is 10.8 Å². The van der Waals surface area contributed by atoms with Crippen LogP contribution in [-0.4, -0.2) is 34.0 Å². The minimum atomic E-state index is -0.792. The first-order chi connectivity index (χ1) is 10.1. The van der Waals surface area contributed by atoms with E-state index < -0.39 is 10.8 Å². The molecule has 112 valence electrons. The van der Waals surface area contributed by atoms with Crippen LogP contribution in [0.15, 0.2) is 24.4 Å². The van der Waals surface area contributed by atoms with Gasteiger partial charge in [-0.3, -0.25) is 4.21 Å². The molecule has 1 aromatic heterocycles. The molecule has 0 radical (unpaired) electrons. The Morgan fingerprint density at radius 2 is 2.14 bits per heavy atom. The molecule has 0 aliphatic carbocycles. The lowest BCUT2D eigenvalue weighted by Crippen LogP contribution is -2.15.